The van der Waals surface area contributed by atoms with Gasteiger partial charge in [-0.05, 0) is 17.7 Å². The largest absolute Gasteiger partial charge is 0.481 e. The highest BCUT2D eigenvalue weighted by Gasteiger charge is 2.24. The van der Waals surface area contributed by atoms with Gasteiger partial charge in [0.05, 0.1) is 12.5 Å². The minimum absolute atomic E-state index is 0.105. The molecule has 0 fully saturated rings. The molecule has 4 aromatic rings. The van der Waals surface area contributed by atoms with E-state index in [1.165, 1.54) is 7.11 Å². The lowest BCUT2D eigenvalue weighted by molar-refractivity contribution is 0.0587. The lowest BCUT2D eigenvalue weighted by Gasteiger charge is -2.09. The van der Waals surface area contributed by atoms with Gasteiger partial charge in [0.25, 0.3) is 0 Å². The normalized spacial score (nSPS) is 11.0. The minimum Gasteiger partial charge on any atom is -0.481 e. The number of ether oxygens (including phenoxy) is 2. The Morgan fingerprint density at radius 2 is 1.85 bits per heavy atom. The standard InChI is InChI=1S/C19H14N2O5/c1-24-19(23)15-16(25-11-12-7-3-2-4-8-12)18(22)21-17(20-15)13-9-5-6-10-14(13)26-21/h2-10H,11H2,1H3. The molecule has 7 nitrogen and oxygen atoms in total. The van der Waals surface area contributed by atoms with Crippen molar-refractivity contribution in [2.45, 2.75) is 6.61 Å². The van der Waals surface area contributed by atoms with Gasteiger partial charge in [-0.25, -0.2) is 9.78 Å². The summed E-state index contributed by atoms with van der Waals surface area (Å²) in [4.78, 5) is 29.3. The summed E-state index contributed by atoms with van der Waals surface area (Å²) in [6.45, 7) is 0.105. The summed E-state index contributed by atoms with van der Waals surface area (Å²) in [6, 6.07) is 16.3. The van der Waals surface area contributed by atoms with Crippen molar-refractivity contribution < 1.29 is 18.8 Å². The Morgan fingerprint density at radius 3 is 2.62 bits per heavy atom. The Balaban J connectivity index is 1.89. The molecular formula is C19H14N2O5. The van der Waals surface area contributed by atoms with E-state index < -0.39 is 11.5 Å². The number of hydrogen-bond acceptors (Lipinski definition) is 6. The number of fused-ring (bicyclic) bond motifs is 3. The van der Waals surface area contributed by atoms with E-state index >= 15 is 0 Å². The average molecular weight is 350 g/mol. The van der Waals surface area contributed by atoms with Crippen LogP contribution in [0.25, 0.3) is 16.6 Å². The molecule has 0 atom stereocenters. The number of rotatable bonds is 4. The number of para-hydroxylation sites is 1. The van der Waals surface area contributed by atoms with Crippen LogP contribution in [0.15, 0.2) is 63.9 Å². The maximum Gasteiger partial charge on any atom is 0.360 e. The van der Waals surface area contributed by atoms with Gasteiger partial charge in [-0.1, -0.05) is 42.5 Å². The van der Waals surface area contributed by atoms with Gasteiger partial charge in [0.2, 0.25) is 5.75 Å². The summed E-state index contributed by atoms with van der Waals surface area (Å²) in [5.41, 5.74) is 0.770. The van der Waals surface area contributed by atoms with Gasteiger partial charge in [-0.2, -0.15) is 0 Å². The van der Waals surface area contributed by atoms with E-state index in [2.05, 4.69) is 4.98 Å². The first-order valence-corrected chi connectivity index (χ1v) is 7.89. The van der Waals surface area contributed by atoms with Crippen molar-refractivity contribution in [2.75, 3.05) is 7.11 Å². The fourth-order valence-electron chi connectivity index (χ4n) is 2.67. The van der Waals surface area contributed by atoms with Crippen LogP contribution in [-0.2, 0) is 11.3 Å². The molecular weight excluding hydrogens is 336 g/mol. The van der Waals surface area contributed by atoms with Crippen LogP contribution in [0.5, 0.6) is 5.75 Å². The van der Waals surface area contributed by atoms with Gasteiger partial charge in [0.1, 0.15) is 6.61 Å². The summed E-state index contributed by atoms with van der Waals surface area (Å²) in [7, 11) is 1.22. The summed E-state index contributed by atoms with van der Waals surface area (Å²) in [6.07, 6.45) is 0. The summed E-state index contributed by atoms with van der Waals surface area (Å²) in [5.74, 6) is -0.963. The molecule has 2 aromatic carbocycles. The number of aromatic nitrogens is 2. The van der Waals surface area contributed by atoms with Crippen LogP contribution >= 0.6 is 0 Å². The Bertz CT molecular complexity index is 1160. The first-order valence-electron chi connectivity index (χ1n) is 7.89. The molecule has 0 aliphatic heterocycles. The average Bonchev–Trinajstić information content (AvgIpc) is 3.06. The lowest BCUT2D eigenvalue weighted by Crippen LogP contribution is -2.22. The highest BCUT2D eigenvalue weighted by atomic mass is 16.5. The van der Waals surface area contributed by atoms with E-state index in [4.69, 9.17) is 14.0 Å². The van der Waals surface area contributed by atoms with Crippen molar-refractivity contribution >= 4 is 22.6 Å². The van der Waals surface area contributed by atoms with Crippen molar-refractivity contribution in [1.29, 1.82) is 0 Å². The van der Waals surface area contributed by atoms with Gasteiger partial charge in [0, 0.05) is 0 Å². The van der Waals surface area contributed by atoms with Gasteiger partial charge < -0.3 is 14.0 Å². The lowest BCUT2D eigenvalue weighted by atomic mass is 10.2. The van der Waals surface area contributed by atoms with Gasteiger partial charge in [0.15, 0.2) is 16.9 Å². The number of esters is 1. The van der Waals surface area contributed by atoms with E-state index in [-0.39, 0.29) is 23.7 Å². The molecule has 0 saturated carbocycles. The third-order valence-electron chi connectivity index (χ3n) is 3.93. The Kier molecular flexibility index (Phi) is 3.89. The number of benzene rings is 2. The Labute approximate surface area is 147 Å². The molecule has 26 heavy (non-hydrogen) atoms. The highest BCUT2D eigenvalue weighted by Crippen LogP contribution is 2.23. The summed E-state index contributed by atoms with van der Waals surface area (Å²) < 4.78 is 17.0. The molecule has 0 N–H and O–H groups in total. The quantitative estimate of drug-likeness (QED) is 0.526. The van der Waals surface area contributed by atoms with Gasteiger partial charge >= 0.3 is 11.5 Å². The SMILES string of the molecule is COC(=O)c1nc2c3ccccc3on2c(=O)c1OCc1ccccc1. The summed E-state index contributed by atoms with van der Waals surface area (Å²) in [5, 5.41) is 0.615. The van der Waals surface area contributed by atoms with E-state index in [0.29, 0.717) is 11.0 Å². The van der Waals surface area contributed by atoms with Crippen LogP contribution in [-0.4, -0.2) is 22.6 Å². The van der Waals surface area contributed by atoms with Crippen molar-refractivity contribution in [2.24, 2.45) is 0 Å². The monoisotopic (exact) mass is 350 g/mol. The number of carbonyl (C=O) groups is 1. The fourth-order valence-corrected chi connectivity index (χ4v) is 2.67. The van der Waals surface area contributed by atoms with Crippen molar-refractivity contribution in [3.8, 4) is 5.75 Å². The zero-order valence-electron chi connectivity index (χ0n) is 13.8. The molecule has 0 bridgehead atoms. The molecule has 0 spiro atoms. The second-order valence-corrected chi connectivity index (χ2v) is 5.57. The third-order valence-corrected chi connectivity index (χ3v) is 3.93. The smallest absolute Gasteiger partial charge is 0.360 e. The van der Waals surface area contributed by atoms with Crippen LogP contribution in [0.2, 0.25) is 0 Å². The molecule has 0 aliphatic carbocycles. The molecule has 130 valence electrons. The molecule has 2 aromatic heterocycles. The second kappa shape index (κ2) is 6.36. The summed E-state index contributed by atoms with van der Waals surface area (Å²) >= 11 is 0. The Hall–Kier alpha value is -3.61. The maximum atomic E-state index is 12.9. The van der Waals surface area contributed by atoms with Crippen LogP contribution in [0.1, 0.15) is 16.1 Å². The molecule has 7 heteroatoms. The van der Waals surface area contributed by atoms with Crippen LogP contribution < -0.4 is 10.3 Å². The zero-order valence-corrected chi connectivity index (χ0v) is 13.8. The highest BCUT2D eigenvalue weighted by molar-refractivity contribution is 5.95. The molecule has 0 aliphatic rings. The molecule has 0 saturated heterocycles. The van der Waals surface area contributed by atoms with Gasteiger partial charge in [-0.15, -0.1) is 4.57 Å². The van der Waals surface area contributed by atoms with Crippen molar-refractivity contribution in [1.82, 2.24) is 9.56 Å². The fraction of sp³-hybridized carbons (Fsp3) is 0.105. The van der Waals surface area contributed by atoms with Crippen molar-refractivity contribution in [3.63, 3.8) is 0 Å². The van der Waals surface area contributed by atoms with E-state index in [9.17, 15) is 9.59 Å². The van der Waals surface area contributed by atoms with E-state index in [1.807, 2.05) is 30.3 Å². The molecule has 0 amide bonds. The minimum atomic E-state index is -0.752. The first kappa shape index (κ1) is 15.9. The maximum absolute atomic E-state index is 12.9. The van der Waals surface area contributed by atoms with E-state index in [0.717, 1.165) is 10.1 Å². The number of methoxy groups -OCH3 is 1. The first-order chi connectivity index (χ1) is 12.7. The predicted octanol–water partition coefficient (Wildman–Crippen LogP) is 2.81. The zero-order chi connectivity index (χ0) is 18.1. The van der Waals surface area contributed by atoms with Crippen LogP contribution in [0.3, 0.4) is 0 Å². The third kappa shape index (κ3) is 2.59. The topological polar surface area (TPSA) is 83.0 Å². The van der Waals surface area contributed by atoms with E-state index in [1.54, 1.807) is 24.3 Å². The number of nitrogens with zero attached hydrogens (tertiary/aromatic N) is 2. The second-order valence-electron chi connectivity index (χ2n) is 5.57. The van der Waals surface area contributed by atoms with Crippen molar-refractivity contribution in [3.05, 3.63) is 76.2 Å². The Morgan fingerprint density at radius 1 is 1.12 bits per heavy atom. The van der Waals surface area contributed by atoms with Crippen LogP contribution in [0, 0.1) is 0 Å². The molecule has 0 radical (unpaired) electrons. The molecule has 0 unspecified atom stereocenters. The van der Waals surface area contributed by atoms with Gasteiger partial charge in [-0.3, -0.25) is 4.79 Å². The number of carbonyl (C=O) groups excluding carboxylic acids is 1. The molecule has 2 heterocycles. The number of hydrogen-bond donors (Lipinski definition) is 0. The predicted molar refractivity (Wildman–Crippen MR) is 93.3 cm³/mol. The van der Waals surface area contributed by atoms with Crippen LogP contribution in [0.4, 0.5) is 0 Å². The molecule has 4 rings (SSSR count).